The van der Waals surface area contributed by atoms with E-state index in [4.69, 9.17) is 5.80 Å². The zero-order chi connectivity index (χ0) is 31.0. The predicted octanol–water partition coefficient (Wildman–Crippen LogP) is 9.75. The molecule has 0 unspecified atom stereocenters. The molecule has 0 bridgehead atoms. The van der Waals surface area contributed by atoms with Crippen molar-refractivity contribution in [3.05, 3.63) is 11.1 Å². The molecule has 3 fully saturated rings. The molecule has 0 aromatic carbocycles. The molecule has 10 heteroatoms. The number of Topliss-reactive ketones (excluding diaryl/α,β-unsaturated/α-hetero) is 1. The Morgan fingerprint density at radius 2 is 1.65 bits per heavy atom. The monoisotopic (exact) mass is 599 g/mol. The molecule has 3 saturated carbocycles. The Morgan fingerprint density at radius 3 is 2.23 bits per heavy atom. The molecular weight excluding hydrogens is 553 g/mol. The summed E-state index contributed by atoms with van der Waals surface area (Å²) in [4.78, 5) is 13.6. The summed E-state index contributed by atoms with van der Waals surface area (Å²) in [6.45, 7) is 12.7. The molecule has 4 aliphatic rings. The third kappa shape index (κ3) is 5.46. The molecule has 0 heterocycles. The van der Waals surface area contributed by atoms with Crippen molar-refractivity contribution >= 4 is 14.1 Å². The normalized spacial score (nSPS) is 37.4. The third-order valence-electron chi connectivity index (χ3n) is 10.9. The summed E-state index contributed by atoms with van der Waals surface area (Å²) in [5.74, 6) is 0.00448. The topological polar surface area (TPSA) is 26.3 Å². The minimum Gasteiger partial charge on any atom is -0.415 e. The molecule has 0 aromatic heterocycles. The molecule has 4 rings (SSSR count). The molecule has 0 amide bonds. The SMILES string of the molecule is [2H][C@@H](C[C@@H](C)[C@H]1CC(=O)C2=C3CC[C@H]4C[C@@H](O[Si](C)(C)C)CC[C@]4(C)[C@H]3CC[C@@]21C)CC(F)(C(F)(F)F)C(F)(F)F. The van der Waals surface area contributed by atoms with Crippen LogP contribution in [0.1, 0.15) is 92.7 Å². The lowest BCUT2D eigenvalue weighted by molar-refractivity contribution is -0.343. The van der Waals surface area contributed by atoms with Crippen molar-refractivity contribution in [1.29, 1.82) is 0 Å². The summed E-state index contributed by atoms with van der Waals surface area (Å²) in [6, 6.07) is 0. The standard InChI is InChI=1S/C30H45F7O2Si/c1-18(8-7-13-28(31,29(32,33)34)30(35,36)37)23-17-24(38)25-21-10-9-19-16-20(39-40(4,5)6)11-14-26(19,2)22(21)12-15-27(23,25)3/h18-20,22-23H,7-17H2,1-6H3/t18-,19+,20+,22+,23-,26+,27-/m1/s1/i7D/t7-,18+,19-,20-,22-,23+,26-,27+/m0. The second-order valence-electron chi connectivity index (χ2n) is 14.5. The fraction of sp³-hybridized carbons (Fsp3) is 0.900. The zero-order valence-corrected chi connectivity index (χ0v) is 25.5. The average molecular weight is 600 g/mol. The van der Waals surface area contributed by atoms with Crippen LogP contribution < -0.4 is 0 Å². The molecule has 0 radical (unpaired) electrons. The van der Waals surface area contributed by atoms with Crippen molar-refractivity contribution in [1.82, 2.24) is 0 Å². The maximum Gasteiger partial charge on any atom is 0.431 e. The van der Waals surface area contributed by atoms with Gasteiger partial charge in [-0.25, -0.2) is 4.39 Å². The molecule has 40 heavy (non-hydrogen) atoms. The Labute approximate surface area is 236 Å². The van der Waals surface area contributed by atoms with Gasteiger partial charge in [-0.05, 0) is 112 Å². The first-order chi connectivity index (χ1) is 18.5. The van der Waals surface area contributed by atoms with E-state index in [1.54, 1.807) is 6.92 Å². The highest BCUT2D eigenvalue weighted by Crippen LogP contribution is 2.65. The van der Waals surface area contributed by atoms with Crippen LogP contribution in [-0.2, 0) is 9.22 Å². The van der Waals surface area contributed by atoms with Gasteiger partial charge < -0.3 is 4.43 Å². The van der Waals surface area contributed by atoms with Gasteiger partial charge in [0.15, 0.2) is 14.1 Å². The van der Waals surface area contributed by atoms with Gasteiger partial charge in [0.2, 0.25) is 0 Å². The number of carbonyl (C=O) groups is 1. The maximum atomic E-state index is 14.3. The Bertz CT molecular complexity index is 1040. The summed E-state index contributed by atoms with van der Waals surface area (Å²) < 4.78 is 107. The van der Waals surface area contributed by atoms with Crippen LogP contribution in [0.3, 0.4) is 0 Å². The summed E-state index contributed by atoms with van der Waals surface area (Å²) in [6.07, 6.45) is -9.66. The summed E-state index contributed by atoms with van der Waals surface area (Å²) in [5.41, 5.74) is -3.86. The Hall–Kier alpha value is -0.903. The van der Waals surface area contributed by atoms with Gasteiger partial charge >= 0.3 is 12.4 Å². The van der Waals surface area contributed by atoms with E-state index in [0.717, 1.165) is 50.5 Å². The van der Waals surface area contributed by atoms with Crippen molar-refractivity contribution in [2.45, 2.75) is 135 Å². The van der Waals surface area contributed by atoms with Crippen LogP contribution in [0.15, 0.2) is 11.1 Å². The fourth-order valence-corrected chi connectivity index (χ4v) is 10.1. The highest BCUT2D eigenvalue weighted by atomic mass is 28.4. The largest absolute Gasteiger partial charge is 0.431 e. The molecular formula is C30H45F7O2Si. The molecule has 230 valence electrons. The van der Waals surface area contributed by atoms with Crippen LogP contribution in [0.2, 0.25) is 19.6 Å². The maximum absolute atomic E-state index is 14.3. The number of alkyl halides is 7. The Balaban J connectivity index is 1.52. The van der Waals surface area contributed by atoms with Crippen LogP contribution in [0.25, 0.3) is 0 Å². The van der Waals surface area contributed by atoms with E-state index in [1.165, 1.54) is 5.57 Å². The smallest absolute Gasteiger partial charge is 0.415 e. The van der Waals surface area contributed by atoms with E-state index in [1.807, 2.05) is 6.92 Å². The van der Waals surface area contributed by atoms with Crippen LogP contribution in [0, 0.1) is 34.5 Å². The van der Waals surface area contributed by atoms with Gasteiger partial charge in [-0.15, -0.1) is 0 Å². The van der Waals surface area contributed by atoms with E-state index in [2.05, 4.69) is 26.6 Å². The van der Waals surface area contributed by atoms with Gasteiger partial charge in [-0.1, -0.05) is 32.8 Å². The van der Waals surface area contributed by atoms with Gasteiger partial charge in [0.25, 0.3) is 5.67 Å². The van der Waals surface area contributed by atoms with E-state index >= 15 is 0 Å². The molecule has 0 N–H and O–H groups in total. The summed E-state index contributed by atoms with van der Waals surface area (Å²) in [5, 5.41) is 0. The molecule has 0 aliphatic heterocycles. The van der Waals surface area contributed by atoms with Gasteiger partial charge in [-0.3, -0.25) is 4.79 Å². The lowest BCUT2D eigenvalue weighted by Crippen LogP contribution is -2.53. The predicted molar refractivity (Wildman–Crippen MR) is 143 cm³/mol. The minimum atomic E-state index is -6.16. The molecule has 0 aromatic rings. The van der Waals surface area contributed by atoms with E-state index in [0.29, 0.717) is 5.92 Å². The average Bonchev–Trinajstić information content (AvgIpc) is 3.07. The van der Waals surface area contributed by atoms with Gasteiger partial charge in [0.05, 0.1) is 0 Å². The van der Waals surface area contributed by atoms with Gasteiger partial charge in [0, 0.05) is 19.5 Å². The second kappa shape index (κ2) is 10.4. The summed E-state index contributed by atoms with van der Waals surface area (Å²) >= 11 is 0. The van der Waals surface area contributed by atoms with Gasteiger partial charge in [-0.2, -0.15) is 26.3 Å². The Kier molecular flexibility index (Phi) is 7.92. The van der Waals surface area contributed by atoms with Crippen molar-refractivity contribution < 1.29 is 41.3 Å². The van der Waals surface area contributed by atoms with Crippen LogP contribution in [0.4, 0.5) is 30.7 Å². The van der Waals surface area contributed by atoms with Crippen molar-refractivity contribution in [2.75, 3.05) is 0 Å². The highest BCUT2D eigenvalue weighted by Gasteiger charge is 2.71. The molecule has 2 nitrogen and oxygen atoms in total. The van der Waals surface area contributed by atoms with Crippen LogP contribution in [0.5, 0.6) is 0 Å². The zero-order valence-electron chi connectivity index (χ0n) is 25.5. The first-order valence-electron chi connectivity index (χ1n) is 15.3. The van der Waals surface area contributed by atoms with E-state index < -0.39 is 50.5 Å². The van der Waals surface area contributed by atoms with Crippen molar-refractivity contribution in [2.24, 2.45) is 34.5 Å². The van der Waals surface area contributed by atoms with E-state index in [-0.39, 0.29) is 42.0 Å². The minimum absolute atomic E-state index is 0.0220. The lowest BCUT2D eigenvalue weighted by Gasteiger charge is -2.57. The number of hydrogen-bond donors (Lipinski definition) is 0. The third-order valence-corrected chi connectivity index (χ3v) is 11.9. The Morgan fingerprint density at radius 1 is 1.02 bits per heavy atom. The molecule has 0 saturated heterocycles. The van der Waals surface area contributed by atoms with Gasteiger partial charge in [0.1, 0.15) is 0 Å². The van der Waals surface area contributed by atoms with Crippen LogP contribution in [-0.4, -0.2) is 38.2 Å². The van der Waals surface area contributed by atoms with Crippen molar-refractivity contribution in [3.63, 3.8) is 0 Å². The highest BCUT2D eigenvalue weighted by molar-refractivity contribution is 6.69. The number of halogens is 7. The second-order valence-corrected chi connectivity index (χ2v) is 19.0. The first-order valence-corrected chi connectivity index (χ1v) is 18.1. The number of carbonyl (C=O) groups excluding carboxylic acids is 1. The molecule has 8 atom stereocenters. The van der Waals surface area contributed by atoms with E-state index in [9.17, 15) is 35.5 Å². The molecule has 4 aliphatic carbocycles. The number of hydrogen-bond acceptors (Lipinski definition) is 2. The first kappa shape index (κ1) is 30.6. The van der Waals surface area contributed by atoms with Crippen molar-refractivity contribution in [3.8, 4) is 0 Å². The lowest BCUT2D eigenvalue weighted by atomic mass is 9.48. The number of allylic oxidation sites excluding steroid dienone is 2. The molecule has 0 spiro atoms. The summed E-state index contributed by atoms with van der Waals surface area (Å²) in [7, 11) is -1.66. The number of rotatable bonds is 7. The number of ketones is 1. The quantitative estimate of drug-likeness (QED) is 0.215. The fourth-order valence-electron chi connectivity index (χ4n) is 8.86. The van der Waals surface area contributed by atoms with Crippen LogP contribution >= 0.6 is 0 Å². The number of fused-ring (bicyclic) bond motifs is 4.